The van der Waals surface area contributed by atoms with E-state index in [-0.39, 0.29) is 17.3 Å². The van der Waals surface area contributed by atoms with Crippen LogP contribution in [0.5, 0.6) is 0 Å². The Hall–Kier alpha value is -3.12. The summed E-state index contributed by atoms with van der Waals surface area (Å²) in [5, 5.41) is 2.91. The van der Waals surface area contributed by atoms with Crippen molar-refractivity contribution in [1.29, 1.82) is 0 Å². The number of nitrogens with one attached hydrogen (secondary N) is 1. The second-order valence-electron chi connectivity index (χ2n) is 7.75. The van der Waals surface area contributed by atoms with Crippen molar-refractivity contribution >= 4 is 21.6 Å². The van der Waals surface area contributed by atoms with Crippen LogP contribution < -0.4 is 9.62 Å². The lowest BCUT2D eigenvalue weighted by Crippen LogP contribution is -2.40. The van der Waals surface area contributed by atoms with E-state index in [1.807, 2.05) is 13.0 Å². The predicted octanol–water partition coefficient (Wildman–Crippen LogP) is 4.63. The van der Waals surface area contributed by atoms with Gasteiger partial charge in [-0.1, -0.05) is 67.9 Å². The first-order valence-corrected chi connectivity index (χ1v) is 12.3. The van der Waals surface area contributed by atoms with Crippen molar-refractivity contribution in [2.24, 2.45) is 0 Å². The Labute approximate surface area is 191 Å². The Kier molecular flexibility index (Phi) is 7.70. The third-order valence-electron chi connectivity index (χ3n) is 5.48. The van der Waals surface area contributed by atoms with Gasteiger partial charge < -0.3 is 5.32 Å². The second-order valence-corrected chi connectivity index (χ2v) is 9.61. The largest absolute Gasteiger partial charge is 0.350 e. The molecule has 0 radical (unpaired) electrons. The summed E-state index contributed by atoms with van der Waals surface area (Å²) in [5.41, 5.74) is 4.86. The number of hydrogen-bond donors (Lipinski definition) is 1. The fraction of sp³-hybridized carbons (Fsp3) is 0.269. The highest BCUT2D eigenvalue weighted by Gasteiger charge is 2.27. The maximum Gasteiger partial charge on any atom is 0.264 e. The molecule has 5 nitrogen and oxygen atoms in total. The van der Waals surface area contributed by atoms with E-state index in [9.17, 15) is 13.2 Å². The van der Waals surface area contributed by atoms with Gasteiger partial charge in [0.15, 0.2) is 0 Å². The van der Waals surface area contributed by atoms with Crippen molar-refractivity contribution in [2.75, 3.05) is 10.8 Å². The number of benzene rings is 3. The van der Waals surface area contributed by atoms with E-state index in [2.05, 4.69) is 37.4 Å². The van der Waals surface area contributed by atoms with Crippen LogP contribution in [0.25, 0.3) is 0 Å². The number of aryl methyl sites for hydroxylation is 3. The maximum atomic E-state index is 13.4. The number of anilines is 1. The van der Waals surface area contributed by atoms with Gasteiger partial charge in [0.1, 0.15) is 6.54 Å². The van der Waals surface area contributed by atoms with E-state index in [1.165, 1.54) is 11.1 Å². The zero-order valence-electron chi connectivity index (χ0n) is 18.8. The monoisotopic (exact) mass is 450 g/mol. The van der Waals surface area contributed by atoms with Crippen molar-refractivity contribution in [1.82, 2.24) is 5.32 Å². The first-order chi connectivity index (χ1) is 15.3. The highest BCUT2D eigenvalue weighted by Crippen LogP contribution is 2.23. The number of rotatable bonds is 9. The molecule has 0 unspecified atom stereocenters. The summed E-state index contributed by atoms with van der Waals surface area (Å²) in [6.07, 6.45) is 1.79. The molecule has 168 valence electrons. The quantitative estimate of drug-likeness (QED) is 0.517. The highest BCUT2D eigenvalue weighted by molar-refractivity contribution is 7.92. The molecule has 3 rings (SSSR count). The van der Waals surface area contributed by atoms with Crippen molar-refractivity contribution in [3.05, 3.63) is 95.1 Å². The van der Waals surface area contributed by atoms with Crippen molar-refractivity contribution in [2.45, 2.75) is 45.1 Å². The molecule has 3 aromatic carbocycles. The molecule has 1 N–H and O–H groups in total. The third-order valence-corrected chi connectivity index (χ3v) is 7.26. The van der Waals surface area contributed by atoms with Crippen LogP contribution in [-0.4, -0.2) is 20.9 Å². The summed E-state index contributed by atoms with van der Waals surface area (Å²) < 4.78 is 27.9. The zero-order valence-corrected chi connectivity index (χ0v) is 19.7. The van der Waals surface area contributed by atoms with Crippen LogP contribution in [0.2, 0.25) is 0 Å². The first kappa shape index (κ1) is 23.5. The Bertz CT molecular complexity index is 1160. The van der Waals surface area contributed by atoms with Crippen LogP contribution in [0, 0.1) is 6.92 Å². The number of carbonyl (C=O) groups excluding carboxylic acids is 1. The molecular weight excluding hydrogens is 420 g/mol. The Balaban J connectivity index is 1.83. The molecule has 0 spiro atoms. The molecule has 0 atom stereocenters. The van der Waals surface area contributed by atoms with E-state index in [0.29, 0.717) is 12.2 Å². The van der Waals surface area contributed by atoms with Crippen LogP contribution in [0.4, 0.5) is 5.69 Å². The van der Waals surface area contributed by atoms with E-state index in [1.54, 1.807) is 48.5 Å². The fourth-order valence-corrected chi connectivity index (χ4v) is 4.96. The lowest BCUT2D eigenvalue weighted by Gasteiger charge is -2.24. The van der Waals surface area contributed by atoms with Gasteiger partial charge in [-0.3, -0.25) is 9.10 Å². The van der Waals surface area contributed by atoms with Crippen molar-refractivity contribution in [3.63, 3.8) is 0 Å². The molecule has 3 aromatic rings. The summed E-state index contributed by atoms with van der Waals surface area (Å²) in [6, 6.07) is 21.7. The SMILES string of the molecule is CCc1ccc(CC)c(CNC(=O)CN(c2ccccc2)S(=O)(=O)c2ccc(C)cc2)c1. The van der Waals surface area contributed by atoms with Crippen molar-refractivity contribution in [3.8, 4) is 0 Å². The average Bonchev–Trinajstić information content (AvgIpc) is 2.81. The fourth-order valence-electron chi connectivity index (χ4n) is 3.54. The molecule has 0 saturated carbocycles. The second kappa shape index (κ2) is 10.5. The lowest BCUT2D eigenvalue weighted by molar-refractivity contribution is -0.119. The number of nitrogens with zero attached hydrogens (tertiary/aromatic N) is 1. The summed E-state index contributed by atoms with van der Waals surface area (Å²) in [4.78, 5) is 13.0. The number of para-hydroxylation sites is 1. The molecule has 0 aliphatic carbocycles. The van der Waals surface area contributed by atoms with Crippen LogP contribution in [0.15, 0.2) is 77.7 Å². The molecular formula is C26H30N2O3S. The van der Waals surface area contributed by atoms with Gasteiger partial charge in [0, 0.05) is 6.54 Å². The van der Waals surface area contributed by atoms with Gasteiger partial charge in [0.2, 0.25) is 5.91 Å². The molecule has 0 fully saturated rings. The Morgan fingerprint density at radius 2 is 1.56 bits per heavy atom. The molecule has 0 heterocycles. The normalized spacial score (nSPS) is 11.2. The molecule has 0 aromatic heterocycles. The first-order valence-electron chi connectivity index (χ1n) is 10.9. The van der Waals surface area contributed by atoms with Gasteiger partial charge in [-0.15, -0.1) is 0 Å². The topological polar surface area (TPSA) is 66.5 Å². The molecule has 0 saturated heterocycles. The predicted molar refractivity (Wildman–Crippen MR) is 129 cm³/mol. The van der Waals surface area contributed by atoms with E-state index < -0.39 is 10.0 Å². The number of carbonyl (C=O) groups is 1. The van der Waals surface area contributed by atoms with Gasteiger partial charge in [-0.25, -0.2) is 8.42 Å². The minimum Gasteiger partial charge on any atom is -0.350 e. The van der Waals surface area contributed by atoms with Gasteiger partial charge in [0.25, 0.3) is 10.0 Å². The van der Waals surface area contributed by atoms with Crippen LogP contribution >= 0.6 is 0 Å². The maximum absolute atomic E-state index is 13.4. The van der Waals surface area contributed by atoms with Crippen LogP contribution in [0.3, 0.4) is 0 Å². The number of amides is 1. The minimum atomic E-state index is -3.90. The zero-order chi connectivity index (χ0) is 23.1. The molecule has 0 bridgehead atoms. The van der Waals surface area contributed by atoms with Crippen molar-refractivity contribution < 1.29 is 13.2 Å². The molecule has 0 aliphatic rings. The molecule has 1 amide bonds. The lowest BCUT2D eigenvalue weighted by atomic mass is 10.0. The van der Waals surface area contributed by atoms with Gasteiger partial charge in [0.05, 0.1) is 10.6 Å². The summed E-state index contributed by atoms with van der Waals surface area (Å²) in [6.45, 7) is 6.14. The van der Waals surface area contributed by atoms with Gasteiger partial charge >= 0.3 is 0 Å². The number of hydrogen-bond acceptors (Lipinski definition) is 3. The van der Waals surface area contributed by atoms with Gasteiger partial charge in [-0.05, 0) is 60.7 Å². The van der Waals surface area contributed by atoms with Crippen LogP contribution in [-0.2, 0) is 34.2 Å². The number of sulfonamides is 1. The van der Waals surface area contributed by atoms with E-state index in [0.717, 1.165) is 28.3 Å². The van der Waals surface area contributed by atoms with E-state index in [4.69, 9.17) is 0 Å². The van der Waals surface area contributed by atoms with E-state index >= 15 is 0 Å². The molecule has 0 aliphatic heterocycles. The Morgan fingerprint density at radius 3 is 2.19 bits per heavy atom. The summed E-state index contributed by atoms with van der Waals surface area (Å²) >= 11 is 0. The smallest absolute Gasteiger partial charge is 0.264 e. The average molecular weight is 451 g/mol. The highest BCUT2D eigenvalue weighted by atomic mass is 32.2. The van der Waals surface area contributed by atoms with Gasteiger partial charge in [-0.2, -0.15) is 0 Å². The standard InChI is InChI=1S/C26H30N2O3S/c1-4-21-13-14-22(5-2)23(17-21)18-27-26(29)19-28(24-9-7-6-8-10-24)32(30,31)25-15-11-20(3)12-16-25/h6-17H,4-5,18-19H2,1-3H3,(H,27,29). The molecule has 32 heavy (non-hydrogen) atoms. The minimum absolute atomic E-state index is 0.156. The summed E-state index contributed by atoms with van der Waals surface area (Å²) in [5.74, 6) is -0.353. The molecule has 6 heteroatoms. The summed E-state index contributed by atoms with van der Waals surface area (Å²) in [7, 11) is -3.90. The Morgan fingerprint density at radius 1 is 0.875 bits per heavy atom. The van der Waals surface area contributed by atoms with Crippen LogP contribution in [0.1, 0.15) is 36.1 Å². The third kappa shape index (κ3) is 5.56.